The Balaban J connectivity index is 1.70. The zero-order chi connectivity index (χ0) is 21.7. The van der Waals surface area contributed by atoms with Crippen LogP contribution in [0.4, 0.5) is 5.69 Å². The number of anilines is 1. The first-order valence-corrected chi connectivity index (χ1v) is 11.0. The lowest BCUT2D eigenvalue weighted by atomic mass is 10.0. The molecule has 3 aromatic rings. The minimum absolute atomic E-state index is 0.0612. The van der Waals surface area contributed by atoms with Gasteiger partial charge in [-0.2, -0.15) is 0 Å². The fourth-order valence-electron chi connectivity index (χ4n) is 3.02. The normalized spacial score (nSPS) is 12.1. The van der Waals surface area contributed by atoms with E-state index in [2.05, 4.69) is 29.4 Å². The fourth-order valence-corrected chi connectivity index (χ4v) is 3.93. The standard InChI is InChI=1S/C23H28N4O2S/c1-6-27-21(18-9-13-20(29-5)14-10-18)25-26-23(27)30-16(4)22(28)24-19-11-7-17(8-12-19)15(2)3/h7-16H,6H2,1-5H3,(H,24,28)/t16-/m0/s1. The van der Waals surface area contributed by atoms with Gasteiger partial charge in [0, 0.05) is 17.8 Å². The maximum Gasteiger partial charge on any atom is 0.237 e. The number of ether oxygens (including phenoxy) is 1. The highest BCUT2D eigenvalue weighted by molar-refractivity contribution is 8.00. The van der Waals surface area contributed by atoms with Crippen LogP contribution in [0.25, 0.3) is 11.4 Å². The number of hydrogen-bond acceptors (Lipinski definition) is 5. The molecule has 0 unspecified atom stereocenters. The first-order valence-electron chi connectivity index (χ1n) is 10.1. The van der Waals surface area contributed by atoms with E-state index in [0.29, 0.717) is 12.5 Å². The fraction of sp³-hybridized carbons (Fsp3) is 0.348. The molecule has 158 valence electrons. The number of benzene rings is 2. The summed E-state index contributed by atoms with van der Waals surface area (Å²) in [7, 11) is 1.64. The average Bonchev–Trinajstić information content (AvgIpc) is 3.16. The Kier molecular flexibility index (Phi) is 7.15. The highest BCUT2D eigenvalue weighted by Gasteiger charge is 2.20. The van der Waals surface area contributed by atoms with Crippen molar-refractivity contribution in [2.24, 2.45) is 0 Å². The number of aromatic nitrogens is 3. The largest absolute Gasteiger partial charge is 0.497 e. The lowest BCUT2D eigenvalue weighted by Gasteiger charge is -2.13. The topological polar surface area (TPSA) is 69.0 Å². The summed E-state index contributed by atoms with van der Waals surface area (Å²) in [6.07, 6.45) is 0. The van der Waals surface area contributed by atoms with Crippen molar-refractivity contribution in [2.75, 3.05) is 12.4 Å². The summed E-state index contributed by atoms with van der Waals surface area (Å²) in [5.74, 6) is 1.97. The van der Waals surface area contributed by atoms with Crippen LogP contribution in [0.3, 0.4) is 0 Å². The second-order valence-corrected chi connectivity index (χ2v) is 8.61. The molecule has 1 N–H and O–H groups in total. The van der Waals surface area contributed by atoms with Gasteiger partial charge in [0.2, 0.25) is 5.91 Å². The summed E-state index contributed by atoms with van der Waals surface area (Å²) in [5, 5.41) is 12.1. The first-order chi connectivity index (χ1) is 14.4. The molecule has 1 atom stereocenters. The molecule has 1 heterocycles. The Labute approximate surface area is 182 Å². The Hall–Kier alpha value is -2.80. The molecule has 30 heavy (non-hydrogen) atoms. The Morgan fingerprint density at radius 3 is 2.30 bits per heavy atom. The van der Waals surface area contributed by atoms with Crippen molar-refractivity contribution in [2.45, 2.75) is 50.6 Å². The Morgan fingerprint density at radius 2 is 1.73 bits per heavy atom. The number of thioether (sulfide) groups is 1. The monoisotopic (exact) mass is 424 g/mol. The van der Waals surface area contributed by atoms with Crippen molar-refractivity contribution < 1.29 is 9.53 Å². The maximum atomic E-state index is 12.7. The molecule has 0 fully saturated rings. The van der Waals surface area contributed by atoms with Crippen LogP contribution >= 0.6 is 11.8 Å². The van der Waals surface area contributed by atoms with Gasteiger partial charge in [-0.3, -0.25) is 4.79 Å². The van der Waals surface area contributed by atoms with Crippen molar-refractivity contribution >= 4 is 23.4 Å². The van der Waals surface area contributed by atoms with Crippen molar-refractivity contribution in [3.8, 4) is 17.1 Å². The van der Waals surface area contributed by atoms with Gasteiger partial charge in [-0.1, -0.05) is 37.7 Å². The Bertz CT molecular complexity index is 981. The van der Waals surface area contributed by atoms with Crippen LogP contribution in [-0.4, -0.2) is 33.0 Å². The molecule has 3 rings (SSSR count). The zero-order valence-electron chi connectivity index (χ0n) is 18.0. The SMILES string of the molecule is CCn1c(S[C@@H](C)C(=O)Nc2ccc(C(C)C)cc2)nnc1-c1ccc(OC)cc1. The molecule has 0 radical (unpaired) electrons. The zero-order valence-corrected chi connectivity index (χ0v) is 18.9. The third-order valence-corrected chi connectivity index (χ3v) is 5.96. The van der Waals surface area contributed by atoms with Gasteiger partial charge in [0.1, 0.15) is 5.75 Å². The maximum absolute atomic E-state index is 12.7. The number of carbonyl (C=O) groups excluding carboxylic acids is 1. The van der Waals surface area contributed by atoms with Crippen LogP contribution in [0.5, 0.6) is 5.75 Å². The molecule has 0 spiro atoms. The van der Waals surface area contributed by atoms with E-state index in [9.17, 15) is 4.79 Å². The van der Waals surface area contributed by atoms with Gasteiger partial charge >= 0.3 is 0 Å². The van der Waals surface area contributed by atoms with Gasteiger partial charge in [0.25, 0.3) is 0 Å². The van der Waals surface area contributed by atoms with Gasteiger partial charge in [-0.25, -0.2) is 0 Å². The number of rotatable bonds is 8. The number of nitrogens with one attached hydrogen (secondary N) is 1. The summed E-state index contributed by atoms with van der Waals surface area (Å²) < 4.78 is 7.24. The van der Waals surface area contributed by atoms with Crippen molar-refractivity contribution in [3.05, 3.63) is 54.1 Å². The molecule has 7 heteroatoms. The lowest BCUT2D eigenvalue weighted by Crippen LogP contribution is -2.23. The van der Waals surface area contributed by atoms with E-state index in [4.69, 9.17) is 4.74 Å². The highest BCUT2D eigenvalue weighted by Crippen LogP contribution is 2.28. The van der Waals surface area contributed by atoms with Crippen LogP contribution in [0.2, 0.25) is 0 Å². The number of amides is 1. The van der Waals surface area contributed by atoms with Crippen molar-refractivity contribution in [3.63, 3.8) is 0 Å². The van der Waals surface area contributed by atoms with Gasteiger partial charge in [-0.05, 0) is 61.7 Å². The molecular formula is C23H28N4O2S. The molecule has 0 aliphatic heterocycles. The number of hydrogen-bond donors (Lipinski definition) is 1. The molecule has 0 saturated carbocycles. The second kappa shape index (κ2) is 9.80. The van der Waals surface area contributed by atoms with Gasteiger partial charge in [0.05, 0.1) is 12.4 Å². The van der Waals surface area contributed by atoms with E-state index < -0.39 is 0 Å². The quantitative estimate of drug-likeness (QED) is 0.502. The molecule has 0 aliphatic carbocycles. The lowest BCUT2D eigenvalue weighted by molar-refractivity contribution is -0.115. The van der Waals surface area contributed by atoms with Crippen LogP contribution in [0.1, 0.15) is 39.2 Å². The van der Waals surface area contributed by atoms with Gasteiger partial charge in [-0.15, -0.1) is 10.2 Å². The summed E-state index contributed by atoms with van der Waals surface area (Å²) in [6.45, 7) is 8.93. The van der Waals surface area contributed by atoms with E-state index in [1.165, 1.54) is 17.3 Å². The number of nitrogens with zero attached hydrogens (tertiary/aromatic N) is 3. The van der Waals surface area contributed by atoms with E-state index in [0.717, 1.165) is 28.0 Å². The molecule has 0 bridgehead atoms. The molecule has 0 aliphatic rings. The van der Waals surface area contributed by atoms with Crippen LogP contribution in [0, 0.1) is 0 Å². The van der Waals surface area contributed by atoms with Crippen LogP contribution in [0.15, 0.2) is 53.7 Å². The van der Waals surface area contributed by atoms with Crippen LogP contribution < -0.4 is 10.1 Å². The van der Waals surface area contributed by atoms with Crippen molar-refractivity contribution in [1.29, 1.82) is 0 Å². The highest BCUT2D eigenvalue weighted by atomic mass is 32.2. The predicted octanol–water partition coefficient (Wildman–Crippen LogP) is 5.22. The molecular weight excluding hydrogens is 396 g/mol. The van der Waals surface area contributed by atoms with Crippen molar-refractivity contribution in [1.82, 2.24) is 14.8 Å². The third-order valence-electron chi connectivity index (χ3n) is 4.88. The minimum atomic E-state index is -0.312. The summed E-state index contributed by atoms with van der Waals surface area (Å²) in [6, 6.07) is 15.7. The summed E-state index contributed by atoms with van der Waals surface area (Å²) in [4.78, 5) is 12.7. The van der Waals surface area contributed by atoms with Gasteiger partial charge < -0.3 is 14.6 Å². The van der Waals surface area contributed by atoms with E-state index in [1.807, 2.05) is 66.9 Å². The summed E-state index contributed by atoms with van der Waals surface area (Å²) >= 11 is 1.41. The van der Waals surface area contributed by atoms with E-state index >= 15 is 0 Å². The second-order valence-electron chi connectivity index (χ2n) is 7.30. The molecule has 1 amide bonds. The number of carbonyl (C=O) groups is 1. The first kappa shape index (κ1) is 21.9. The van der Waals surface area contributed by atoms with Gasteiger partial charge in [0.15, 0.2) is 11.0 Å². The smallest absolute Gasteiger partial charge is 0.237 e. The Morgan fingerprint density at radius 1 is 1.07 bits per heavy atom. The molecule has 2 aromatic carbocycles. The molecule has 6 nitrogen and oxygen atoms in total. The number of methoxy groups -OCH3 is 1. The predicted molar refractivity (Wildman–Crippen MR) is 122 cm³/mol. The molecule has 1 aromatic heterocycles. The molecule has 0 saturated heterocycles. The van der Waals surface area contributed by atoms with E-state index in [1.54, 1.807) is 7.11 Å². The third kappa shape index (κ3) is 5.02. The average molecular weight is 425 g/mol. The summed E-state index contributed by atoms with van der Waals surface area (Å²) in [5.41, 5.74) is 3.00. The van der Waals surface area contributed by atoms with Crippen LogP contribution in [-0.2, 0) is 11.3 Å². The van der Waals surface area contributed by atoms with E-state index in [-0.39, 0.29) is 11.2 Å². The minimum Gasteiger partial charge on any atom is -0.497 e.